The van der Waals surface area contributed by atoms with Crippen LogP contribution in [-0.4, -0.2) is 18.6 Å². The van der Waals surface area contributed by atoms with Crippen LogP contribution in [-0.2, 0) is 16.1 Å². The van der Waals surface area contributed by atoms with E-state index >= 15 is 0 Å². The summed E-state index contributed by atoms with van der Waals surface area (Å²) < 4.78 is 50.3. The molecule has 0 spiro atoms. The molecule has 2 aromatic carbocycles. The van der Waals surface area contributed by atoms with Crippen LogP contribution >= 0.6 is 0 Å². The SMILES string of the molecule is O=C(NCc1ccc2c(c1)OCO2)C1CC1C(=O)Nc1ccc(F)c(F)c1F. The normalized spacial score (nSPS) is 19.2. The highest BCUT2D eigenvalue weighted by atomic mass is 19.2. The van der Waals surface area contributed by atoms with Crippen LogP contribution in [0.25, 0.3) is 0 Å². The third-order valence-corrected chi connectivity index (χ3v) is 4.66. The number of rotatable bonds is 5. The van der Waals surface area contributed by atoms with Gasteiger partial charge in [-0.1, -0.05) is 6.07 Å². The van der Waals surface area contributed by atoms with Gasteiger partial charge >= 0.3 is 0 Å². The average Bonchev–Trinajstić information content (AvgIpc) is 3.36. The van der Waals surface area contributed by atoms with Crippen LogP contribution in [0.4, 0.5) is 18.9 Å². The Hall–Kier alpha value is -3.23. The molecule has 146 valence electrons. The quantitative estimate of drug-likeness (QED) is 0.768. The van der Waals surface area contributed by atoms with Crippen molar-refractivity contribution in [2.45, 2.75) is 13.0 Å². The summed E-state index contributed by atoms with van der Waals surface area (Å²) >= 11 is 0. The average molecular weight is 392 g/mol. The van der Waals surface area contributed by atoms with Gasteiger partial charge in [-0.25, -0.2) is 13.2 Å². The van der Waals surface area contributed by atoms with E-state index in [1.54, 1.807) is 18.2 Å². The number of carbonyl (C=O) groups is 2. The van der Waals surface area contributed by atoms with E-state index in [2.05, 4.69) is 10.6 Å². The molecule has 2 aromatic rings. The van der Waals surface area contributed by atoms with Crippen molar-refractivity contribution in [2.24, 2.45) is 11.8 Å². The second-order valence-corrected chi connectivity index (χ2v) is 6.57. The number of hydrogen-bond acceptors (Lipinski definition) is 4. The number of benzene rings is 2. The summed E-state index contributed by atoms with van der Waals surface area (Å²) in [6, 6.07) is 6.94. The molecule has 2 atom stereocenters. The van der Waals surface area contributed by atoms with Gasteiger partial charge in [-0.3, -0.25) is 9.59 Å². The molecule has 1 aliphatic heterocycles. The van der Waals surface area contributed by atoms with Crippen molar-refractivity contribution in [3.05, 3.63) is 53.3 Å². The van der Waals surface area contributed by atoms with Crippen LogP contribution in [0.15, 0.2) is 30.3 Å². The van der Waals surface area contributed by atoms with Crippen molar-refractivity contribution in [1.82, 2.24) is 5.32 Å². The minimum absolute atomic E-state index is 0.155. The first kappa shape index (κ1) is 18.1. The van der Waals surface area contributed by atoms with E-state index in [9.17, 15) is 22.8 Å². The lowest BCUT2D eigenvalue weighted by Crippen LogP contribution is -2.27. The molecule has 2 aliphatic rings. The van der Waals surface area contributed by atoms with Crippen molar-refractivity contribution in [3.63, 3.8) is 0 Å². The van der Waals surface area contributed by atoms with Crippen LogP contribution in [0.1, 0.15) is 12.0 Å². The number of anilines is 1. The van der Waals surface area contributed by atoms with Crippen LogP contribution in [0.5, 0.6) is 11.5 Å². The zero-order valence-corrected chi connectivity index (χ0v) is 14.4. The minimum Gasteiger partial charge on any atom is -0.454 e. The topological polar surface area (TPSA) is 76.7 Å². The van der Waals surface area contributed by atoms with E-state index < -0.39 is 40.9 Å². The minimum atomic E-state index is -1.66. The van der Waals surface area contributed by atoms with Crippen molar-refractivity contribution in [1.29, 1.82) is 0 Å². The Balaban J connectivity index is 1.30. The van der Waals surface area contributed by atoms with Gasteiger partial charge in [-0.15, -0.1) is 0 Å². The van der Waals surface area contributed by atoms with Gasteiger partial charge in [-0.05, 0) is 36.2 Å². The summed E-state index contributed by atoms with van der Waals surface area (Å²) in [5.74, 6) is -5.38. The maximum absolute atomic E-state index is 13.6. The zero-order chi connectivity index (χ0) is 19.8. The van der Waals surface area contributed by atoms with E-state index in [-0.39, 0.29) is 19.2 Å². The maximum Gasteiger partial charge on any atom is 0.231 e. The predicted octanol–water partition coefficient (Wildman–Crippen LogP) is 2.72. The second kappa shape index (κ2) is 7.06. The van der Waals surface area contributed by atoms with E-state index in [0.29, 0.717) is 17.9 Å². The molecule has 9 heteroatoms. The van der Waals surface area contributed by atoms with Crippen molar-refractivity contribution in [2.75, 3.05) is 12.1 Å². The number of fused-ring (bicyclic) bond motifs is 1. The standard InChI is InChI=1S/C19H15F3N2O4/c20-12-2-3-13(17(22)16(12)21)24-19(26)11-6-10(11)18(25)23-7-9-1-4-14-15(5-9)28-8-27-14/h1-5,10-11H,6-8H2,(H,23,25)(H,24,26). The fourth-order valence-electron chi connectivity index (χ4n) is 2.99. The zero-order valence-electron chi connectivity index (χ0n) is 14.4. The molecule has 2 unspecified atom stereocenters. The molecule has 28 heavy (non-hydrogen) atoms. The highest BCUT2D eigenvalue weighted by Gasteiger charge is 2.48. The first-order valence-electron chi connectivity index (χ1n) is 8.54. The molecule has 2 amide bonds. The summed E-state index contributed by atoms with van der Waals surface area (Å²) in [5, 5.41) is 4.93. The third-order valence-electron chi connectivity index (χ3n) is 4.66. The van der Waals surface area contributed by atoms with Gasteiger partial charge in [0.2, 0.25) is 18.6 Å². The van der Waals surface area contributed by atoms with Gasteiger partial charge in [0.05, 0.1) is 17.5 Å². The molecule has 0 bridgehead atoms. The number of amides is 2. The smallest absolute Gasteiger partial charge is 0.231 e. The monoisotopic (exact) mass is 392 g/mol. The second-order valence-electron chi connectivity index (χ2n) is 6.57. The third kappa shape index (κ3) is 3.47. The van der Waals surface area contributed by atoms with E-state index in [1.807, 2.05) is 0 Å². The molecule has 0 saturated heterocycles. The van der Waals surface area contributed by atoms with Gasteiger partial charge in [0.25, 0.3) is 0 Å². The summed E-state index contributed by atoms with van der Waals surface area (Å²) in [6.45, 7) is 0.403. The Morgan fingerprint density at radius 3 is 2.54 bits per heavy atom. The molecular formula is C19H15F3N2O4. The van der Waals surface area contributed by atoms with Gasteiger partial charge in [0.15, 0.2) is 29.0 Å². The van der Waals surface area contributed by atoms with Gasteiger partial charge in [0, 0.05) is 6.54 Å². The Morgan fingerprint density at radius 1 is 0.964 bits per heavy atom. The van der Waals surface area contributed by atoms with E-state index in [1.165, 1.54) is 0 Å². The predicted molar refractivity (Wildman–Crippen MR) is 91.0 cm³/mol. The Morgan fingerprint density at radius 2 is 1.71 bits per heavy atom. The number of halogens is 3. The molecule has 4 rings (SSSR count). The lowest BCUT2D eigenvalue weighted by molar-refractivity contribution is -0.125. The number of carbonyl (C=O) groups excluding carboxylic acids is 2. The fraction of sp³-hybridized carbons (Fsp3) is 0.263. The van der Waals surface area contributed by atoms with Crippen LogP contribution < -0.4 is 20.1 Å². The molecule has 1 fully saturated rings. The van der Waals surface area contributed by atoms with Crippen LogP contribution in [0.2, 0.25) is 0 Å². The van der Waals surface area contributed by atoms with Crippen LogP contribution in [0, 0.1) is 29.3 Å². The lowest BCUT2D eigenvalue weighted by atomic mass is 10.2. The maximum atomic E-state index is 13.6. The lowest BCUT2D eigenvalue weighted by Gasteiger charge is -2.08. The van der Waals surface area contributed by atoms with Gasteiger partial charge < -0.3 is 20.1 Å². The summed E-state index contributed by atoms with van der Waals surface area (Å²) in [5.41, 5.74) is 0.346. The highest BCUT2D eigenvalue weighted by Crippen LogP contribution is 2.40. The molecule has 1 heterocycles. The van der Waals surface area contributed by atoms with Crippen molar-refractivity contribution < 1.29 is 32.2 Å². The summed E-state index contributed by atoms with van der Waals surface area (Å²) in [6.07, 6.45) is 0.296. The van der Waals surface area contributed by atoms with E-state index in [4.69, 9.17) is 9.47 Å². The Labute approximate surface area is 157 Å². The molecular weight excluding hydrogens is 377 g/mol. The first-order valence-corrected chi connectivity index (χ1v) is 8.54. The number of ether oxygens (including phenoxy) is 2. The Bertz CT molecular complexity index is 966. The molecule has 0 radical (unpaired) electrons. The first-order chi connectivity index (χ1) is 13.4. The van der Waals surface area contributed by atoms with E-state index in [0.717, 1.165) is 17.7 Å². The van der Waals surface area contributed by atoms with Gasteiger partial charge in [-0.2, -0.15) is 0 Å². The van der Waals surface area contributed by atoms with Crippen molar-refractivity contribution >= 4 is 17.5 Å². The molecule has 6 nitrogen and oxygen atoms in total. The molecule has 1 saturated carbocycles. The molecule has 0 aromatic heterocycles. The number of nitrogens with one attached hydrogen (secondary N) is 2. The van der Waals surface area contributed by atoms with Crippen LogP contribution in [0.3, 0.4) is 0 Å². The van der Waals surface area contributed by atoms with Gasteiger partial charge in [0.1, 0.15) is 0 Å². The molecule has 1 aliphatic carbocycles. The summed E-state index contributed by atoms with van der Waals surface area (Å²) in [4.78, 5) is 24.4. The number of hydrogen-bond donors (Lipinski definition) is 2. The van der Waals surface area contributed by atoms with Crippen molar-refractivity contribution in [3.8, 4) is 11.5 Å². The fourth-order valence-corrected chi connectivity index (χ4v) is 2.99. The highest BCUT2D eigenvalue weighted by molar-refractivity contribution is 5.99. The Kier molecular flexibility index (Phi) is 4.58. The summed E-state index contributed by atoms with van der Waals surface area (Å²) in [7, 11) is 0. The largest absolute Gasteiger partial charge is 0.454 e. The molecule has 2 N–H and O–H groups in total.